The summed E-state index contributed by atoms with van der Waals surface area (Å²) in [6, 6.07) is 5.93. The molecule has 0 spiro atoms. The third kappa shape index (κ3) is 6.90. The van der Waals surface area contributed by atoms with Gasteiger partial charge in [-0.1, -0.05) is 45.0 Å². The maximum absolute atomic E-state index is 13.0. The van der Waals surface area contributed by atoms with Gasteiger partial charge < -0.3 is 16.8 Å². The largest absolute Gasteiger partial charge is 0.403 e. The lowest BCUT2D eigenvalue weighted by atomic mass is 9.87. The molecule has 0 aliphatic heterocycles. The third-order valence-corrected chi connectivity index (χ3v) is 3.48. The first kappa shape index (κ1) is 19.3. The van der Waals surface area contributed by atoms with Gasteiger partial charge in [-0.15, -0.1) is 0 Å². The van der Waals surface area contributed by atoms with Gasteiger partial charge in [-0.05, 0) is 23.0 Å². The molecule has 0 aliphatic rings. The summed E-state index contributed by atoms with van der Waals surface area (Å²) in [4.78, 5) is 3.60. The van der Waals surface area contributed by atoms with Gasteiger partial charge in [-0.2, -0.15) is 13.2 Å². The van der Waals surface area contributed by atoms with Crippen molar-refractivity contribution >= 4 is 5.96 Å². The van der Waals surface area contributed by atoms with Gasteiger partial charge in [0.25, 0.3) is 0 Å². The highest BCUT2D eigenvalue weighted by Crippen LogP contribution is 2.24. The fourth-order valence-corrected chi connectivity index (χ4v) is 2.07. The lowest BCUT2D eigenvalue weighted by Gasteiger charge is -2.22. The summed E-state index contributed by atoms with van der Waals surface area (Å²) in [5.74, 6) is -0.205. The second-order valence-electron chi connectivity index (χ2n) is 6.52. The Morgan fingerprint density at radius 2 is 1.70 bits per heavy atom. The number of alkyl halides is 3. The first-order chi connectivity index (χ1) is 10.5. The highest BCUT2D eigenvalue weighted by Gasteiger charge is 2.38. The van der Waals surface area contributed by atoms with Crippen molar-refractivity contribution < 1.29 is 13.2 Å². The summed E-state index contributed by atoms with van der Waals surface area (Å²) in [6.45, 7) is 6.33. The van der Waals surface area contributed by atoms with Crippen molar-refractivity contribution in [3.63, 3.8) is 0 Å². The van der Waals surface area contributed by atoms with Crippen LogP contribution >= 0.6 is 0 Å². The summed E-state index contributed by atoms with van der Waals surface area (Å²) < 4.78 is 39.0. The molecule has 0 fully saturated rings. The Hall–Kier alpha value is -1.76. The fourth-order valence-electron chi connectivity index (χ4n) is 2.07. The second-order valence-corrected chi connectivity index (χ2v) is 6.52. The maximum atomic E-state index is 13.0. The van der Waals surface area contributed by atoms with Gasteiger partial charge in [0.1, 0.15) is 6.04 Å². The smallest absolute Gasteiger partial charge is 0.370 e. The van der Waals surface area contributed by atoms with E-state index < -0.39 is 12.2 Å². The summed E-state index contributed by atoms with van der Waals surface area (Å²) in [7, 11) is 0. The molecule has 0 amide bonds. The predicted molar refractivity (Wildman–Crippen MR) is 87.1 cm³/mol. The van der Waals surface area contributed by atoms with E-state index in [1.54, 1.807) is 0 Å². The first-order valence-electron chi connectivity index (χ1n) is 7.45. The predicted octanol–water partition coefficient (Wildman–Crippen LogP) is 2.67. The standard InChI is InChI=1S/C16H25F3N4/c1-15(2,3)12-6-4-11(5-7-12)10-23-13(16(17,18)19)8-9-22-14(20)21/h4-7,13,23H,8-10H2,1-3H3,(H4,20,21,22). The van der Waals surface area contributed by atoms with E-state index in [9.17, 15) is 13.2 Å². The normalized spacial score (nSPS) is 13.7. The van der Waals surface area contributed by atoms with Gasteiger partial charge in [0.15, 0.2) is 5.96 Å². The summed E-state index contributed by atoms with van der Waals surface area (Å²) in [5, 5.41) is 2.53. The van der Waals surface area contributed by atoms with Crippen LogP contribution in [0, 0.1) is 0 Å². The van der Waals surface area contributed by atoms with E-state index in [1.807, 2.05) is 24.3 Å². The molecule has 1 rings (SSSR count). The van der Waals surface area contributed by atoms with Gasteiger partial charge >= 0.3 is 6.18 Å². The molecule has 0 radical (unpaired) electrons. The van der Waals surface area contributed by atoms with Gasteiger partial charge in [0.05, 0.1) is 0 Å². The average Bonchev–Trinajstić information content (AvgIpc) is 2.40. The van der Waals surface area contributed by atoms with E-state index >= 15 is 0 Å². The van der Waals surface area contributed by atoms with Crippen LogP contribution in [0.2, 0.25) is 0 Å². The van der Waals surface area contributed by atoms with Crippen molar-refractivity contribution in [3.05, 3.63) is 35.4 Å². The molecule has 7 heteroatoms. The van der Waals surface area contributed by atoms with Crippen molar-refractivity contribution in [1.29, 1.82) is 0 Å². The molecule has 0 saturated carbocycles. The van der Waals surface area contributed by atoms with Crippen LogP contribution in [0.5, 0.6) is 0 Å². The number of aliphatic imine (C=N–C) groups is 1. The fraction of sp³-hybridized carbons (Fsp3) is 0.562. The van der Waals surface area contributed by atoms with Crippen molar-refractivity contribution in [3.8, 4) is 0 Å². The summed E-state index contributed by atoms with van der Waals surface area (Å²) in [6.07, 6.45) is -4.55. The number of hydrogen-bond donors (Lipinski definition) is 3. The molecule has 1 aromatic rings. The number of halogens is 3. The van der Waals surface area contributed by atoms with E-state index in [0.29, 0.717) is 0 Å². The van der Waals surface area contributed by atoms with Gasteiger partial charge in [-0.3, -0.25) is 4.99 Å². The Balaban J connectivity index is 2.65. The second kappa shape index (κ2) is 7.68. The zero-order valence-electron chi connectivity index (χ0n) is 13.7. The summed E-state index contributed by atoms with van der Waals surface area (Å²) in [5.41, 5.74) is 12.2. The lowest BCUT2D eigenvalue weighted by Crippen LogP contribution is -2.42. The maximum Gasteiger partial charge on any atom is 0.403 e. The Kier molecular flexibility index (Phi) is 6.44. The Morgan fingerprint density at radius 3 is 2.13 bits per heavy atom. The van der Waals surface area contributed by atoms with Crippen LogP contribution in [0.15, 0.2) is 29.3 Å². The number of nitrogens with one attached hydrogen (secondary N) is 1. The van der Waals surface area contributed by atoms with Crippen LogP contribution in [0.25, 0.3) is 0 Å². The number of guanidine groups is 1. The molecule has 0 aliphatic carbocycles. The van der Waals surface area contributed by atoms with Crippen LogP contribution in [-0.4, -0.2) is 24.7 Å². The molecule has 1 aromatic carbocycles. The number of benzene rings is 1. The molecule has 0 aromatic heterocycles. The minimum atomic E-state index is -4.34. The molecule has 23 heavy (non-hydrogen) atoms. The number of hydrogen-bond acceptors (Lipinski definition) is 2. The molecule has 4 nitrogen and oxygen atoms in total. The quantitative estimate of drug-likeness (QED) is 0.554. The summed E-state index contributed by atoms with van der Waals surface area (Å²) >= 11 is 0. The monoisotopic (exact) mass is 330 g/mol. The van der Waals surface area contributed by atoms with Gasteiger partial charge in [0.2, 0.25) is 0 Å². The van der Waals surface area contributed by atoms with E-state index in [0.717, 1.165) is 11.1 Å². The molecular weight excluding hydrogens is 305 g/mol. The van der Waals surface area contributed by atoms with Gasteiger partial charge in [-0.25, -0.2) is 0 Å². The zero-order chi connectivity index (χ0) is 17.7. The van der Waals surface area contributed by atoms with Crippen molar-refractivity contribution in [2.45, 2.75) is 51.4 Å². The molecule has 0 heterocycles. The zero-order valence-corrected chi connectivity index (χ0v) is 13.7. The van der Waals surface area contributed by atoms with E-state index in [-0.39, 0.29) is 30.9 Å². The van der Waals surface area contributed by atoms with Gasteiger partial charge in [0, 0.05) is 13.1 Å². The van der Waals surface area contributed by atoms with E-state index in [1.165, 1.54) is 0 Å². The average molecular weight is 330 g/mol. The van der Waals surface area contributed by atoms with Crippen molar-refractivity contribution in [1.82, 2.24) is 5.32 Å². The molecule has 130 valence electrons. The van der Waals surface area contributed by atoms with Crippen LogP contribution in [0.4, 0.5) is 13.2 Å². The molecule has 1 atom stereocenters. The number of nitrogens with two attached hydrogens (primary N) is 2. The minimum absolute atomic E-state index is 0.0145. The highest BCUT2D eigenvalue weighted by molar-refractivity contribution is 5.75. The minimum Gasteiger partial charge on any atom is -0.370 e. The van der Waals surface area contributed by atoms with Crippen LogP contribution in [-0.2, 0) is 12.0 Å². The molecular formula is C16H25F3N4. The topological polar surface area (TPSA) is 76.4 Å². The number of rotatable bonds is 6. The highest BCUT2D eigenvalue weighted by atomic mass is 19.4. The van der Waals surface area contributed by atoms with Crippen molar-refractivity contribution in [2.75, 3.05) is 6.54 Å². The lowest BCUT2D eigenvalue weighted by molar-refractivity contribution is -0.157. The number of nitrogens with zero attached hydrogens (tertiary/aromatic N) is 1. The van der Waals surface area contributed by atoms with Crippen LogP contribution in [0.3, 0.4) is 0 Å². The SMILES string of the molecule is CC(C)(C)c1ccc(CNC(CCN=C(N)N)C(F)(F)F)cc1. The molecule has 0 saturated heterocycles. The van der Waals surface area contributed by atoms with E-state index in [4.69, 9.17) is 11.5 Å². The molecule has 0 bridgehead atoms. The van der Waals surface area contributed by atoms with Crippen LogP contribution < -0.4 is 16.8 Å². The third-order valence-electron chi connectivity index (χ3n) is 3.48. The molecule has 5 N–H and O–H groups in total. The molecule has 1 unspecified atom stereocenters. The Bertz CT molecular complexity index is 512. The first-order valence-corrected chi connectivity index (χ1v) is 7.45. The Morgan fingerprint density at radius 1 is 1.13 bits per heavy atom. The van der Waals surface area contributed by atoms with Crippen LogP contribution in [0.1, 0.15) is 38.3 Å². The van der Waals surface area contributed by atoms with E-state index in [2.05, 4.69) is 31.1 Å². The Labute approximate surface area is 135 Å². The van der Waals surface area contributed by atoms with Crippen molar-refractivity contribution in [2.24, 2.45) is 16.5 Å².